The molecule has 0 N–H and O–H groups in total. The highest BCUT2D eigenvalue weighted by atomic mass is 16.1. The van der Waals surface area contributed by atoms with Crippen molar-refractivity contribution in [3.8, 4) is 0 Å². The Morgan fingerprint density at radius 2 is 2.13 bits per heavy atom. The van der Waals surface area contributed by atoms with E-state index >= 15 is 0 Å². The first-order chi connectivity index (χ1) is 7.00. The van der Waals surface area contributed by atoms with Gasteiger partial charge < -0.3 is 0 Å². The molecule has 2 atom stereocenters. The maximum absolute atomic E-state index is 11.6. The van der Waals surface area contributed by atoms with E-state index in [1.54, 1.807) is 0 Å². The molecule has 1 saturated heterocycles. The molecule has 0 spiro atoms. The van der Waals surface area contributed by atoms with Crippen molar-refractivity contribution in [2.24, 2.45) is 5.41 Å². The van der Waals surface area contributed by atoms with Crippen LogP contribution in [0.3, 0.4) is 0 Å². The Hall–Kier alpha value is -0.370. The lowest BCUT2D eigenvalue weighted by molar-refractivity contribution is -0.125. The highest BCUT2D eigenvalue weighted by Gasteiger charge is 2.41. The largest absolute Gasteiger partial charge is 0.300 e. The molecule has 0 radical (unpaired) electrons. The van der Waals surface area contributed by atoms with E-state index in [1.807, 2.05) is 0 Å². The number of nitrogens with zero attached hydrogens (tertiary/aromatic N) is 1. The summed E-state index contributed by atoms with van der Waals surface area (Å²) >= 11 is 0. The van der Waals surface area contributed by atoms with Gasteiger partial charge >= 0.3 is 0 Å². The summed E-state index contributed by atoms with van der Waals surface area (Å²) in [5, 5.41) is 0. The molecule has 0 amide bonds. The fourth-order valence-corrected chi connectivity index (χ4v) is 3.21. The molecular weight excluding hydrogens is 186 g/mol. The van der Waals surface area contributed by atoms with Gasteiger partial charge in [0, 0.05) is 24.9 Å². The van der Waals surface area contributed by atoms with E-state index in [4.69, 9.17) is 0 Å². The van der Waals surface area contributed by atoms with Crippen molar-refractivity contribution in [2.75, 3.05) is 6.54 Å². The number of hydrogen-bond donors (Lipinski definition) is 0. The number of ketones is 1. The second-order valence-corrected chi connectivity index (χ2v) is 5.98. The van der Waals surface area contributed by atoms with Crippen LogP contribution in [0.1, 0.15) is 52.9 Å². The van der Waals surface area contributed by atoms with Crippen LogP contribution in [0.2, 0.25) is 0 Å². The third kappa shape index (κ3) is 2.10. The van der Waals surface area contributed by atoms with E-state index < -0.39 is 0 Å². The topological polar surface area (TPSA) is 20.3 Å². The van der Waals surface area contributed by atoms with E-state index in [9.17, 15) is 4.79 Å². The van der Waals surface area contributed by atoms with E-state index in [1.165, 1.54) is 19.4 Å². The summed E-state index contributed by atoms with van der Waals surface area (Å²) in [6, 6.07) is 1.18. The fraction of sp³-hybridized carbons (Fsp3) is 0.923. The van der Waals surface area contributed by atoms with Crippen LogP contribution in [0.4, 0.5) is 0 Å². The van der Waals surface area contributed by atoms with E-state index in [0.717, 1.165) is 19.3 Å². The molecule has 15 heavy (non-hydrogen) atoms. The molecule has 0 aromatic heterocycles. The lowest BCUT2D eigenvalue weighted by Crippen LogP contribution is -2.50. The zero-order valence-electron chi connectivity index (χ0n) is 10.3. The van der Waals surface area contributed by atoms with Crippen LogP contribution >= 0.6 is 0 Å². The first-order valence-corrected chi connectivity index (χ1v) is 6.28. The second kappa shape index (κ2) is 3.89. The van der Waals surface area contributed by atoms with Gasteiger partial charge in [-0.1, -0.05) is 13.8 Å². The van der Waals surface area contributed by atoms with Gasteiger partial charge in [0.25, 0.3) is 0 Å². The highest BCUT2D eigenvalue weighted by Crippen LogP contribution is 2.39. The second-order valence-electron chi connectivity index (χ2n) is 5.98. The fourth-order valence-electron chi connectivity index (χ4n) is 3.21. The monoisotopic (exact) mass is 209 g/mol. The number of carbonyl (C=O) groups excluding carboxylic acids is 1. The molecule has 1 heterocycles. The van der Waals surface area contributed by atoms with Gasteiger partial charge in [-0.05, 0) is 38.1 Å². The van der Waals surface area contributed by atoms with Crippen molar-refractivity contribution < 1.29 is 4.79 Å². The molecule has 1 saturated carbocycles. The van der Waals surface area contributed by atoms with E-state index in [2.05, 4.69) is 25.7 Å². The molecule has 0 bridgehead atoms. The Labute approximate surface area is 93.0 Å². The molecule has 0 aromatic rings. The molecule has 2 unspecified atom stereocenters. The number of carbonyl (C=O) groups is 1. The van der Waals surface area contributed by atoms with Crippen molar-refractivity contribution in [2.45, 2.75) is 65.0 Å². The van der Waals surface area contributed by atoms with E-state index in [0.29, 0.717) is 23.3 Å². The predicted molar refractivity (Wildman–Crippen MR) is 61.8 cm³/mol. The van der Waals surface area contributed by atoms with Gasteiger partial charge in [-0.3, -0.25) is 9.69 Å². The van der Waals surface area contributed by atoms with Gasteiger partial charge in [0.1, 0.15) is 5.78 Å². The third-order valence-corrected chi connectivity index (χ3v) is 4.38. The quantitative estimate of drug-likeness (QED) is 0.661. The maximum atomic E-state index is 11.6. The standard InChI is InChI=1S/C13H23NO/c1-10-5-4-8-14(10)12-9-11(15)6-7-13(12,2)3/h10,12H,4-9H2,1-3H3. The molecule has 1 aliphatic heterocycles. The average molecular weight is 209 g/mol. The molecular formula is C13H23NO. The highest BCUT2D eigenvalue weighted by molar-refractivity contribution is 5.80. The Kier molecular flexibility index (Phi) is 2.89. The smallest absolute Gasteiger partial charge is 0.134 e. The molecule has 2 fully saturated rings. The Morgan fingerprint density at radius 1 is 1.40 bits per heavy atom. The summed E-state index contributed by atoms with van der Waals surface area (Å²) in [6.07, 6.45) is 5.27. The average Bonchev–Trinajstić information content (AvgIpc) is 2.56. The third-order valence-electron chi connectivity index (χ3n) is 4.38. The molecule has 0 aromatic carbocycles. The van der Waals surface area contributed by atoms with Gasteiger partial charge in [-0.25, -0.2) is 0 Å². The zero-order chi connectivity index (χ0) is 11.1. The van der Waals surface area contributed by atoms with Crippen molar-refractivity contribution in [3.05, 3.63) is 0 Å². The van der Waals surface area contributed by atoms with Crippen LogP contribution in [0.15, 0.2) is 0 Å². The van der Waals surface area contributed by atoms with Crippen LogP contribution in [-0.2, 0) is 4.79 Å². The number of rotatable bonds is 1. The molecule has 2 aliphatic rings. The minimum atomic E-state index is 0.326. The number of hydrogen-bond acceptors (Lipinski definition) is 2. The van der Waals surface area contributed by atoms with Crippen LogP contribution in [0.25, 0.3) is 0 Å². The number of Topliss-reactive ketones (excluding diaryl/α,β-unsaturated/α-hetero) is 1. The van der Waals surface area contributed by atoms with Crippen molar-refractivity contribution in [1.82, 2.24) is 4.90 Å². The Bertz CT molecular complexity index is 259. The maximum Gasteiger partial charge on any atom is 0.134 e. The minimum absolute atomic E-state index is 0.326. The first-order valence-electron chi connectivity index (χ1n) is 6.28. The Balaban J connectivity index is 2.13. The molecule has 2 rings (SSSR count). The van der Waals surface area contributed by atoms with Crippen LogP contribution in [0.5, 0.6) is 0 Å². The zero-order valence-corrected chi connectivity index (χ0v) is 10.3. The van der Waals surface area contributed by atoms with E-state index in [-0.39, 0.29) is 0 Å². The summed E-state index contributed by atoms with van der Waals surface area (Å²) in [5.74, 6) is 0.471. The normalized spacial score (nSPS) is 37.1. The minimum Gasteiger partial charge on any atom is -0.300 e. The predicted octanol–water partition coefficient (Wildman–Crippen LogP) is 2.62. The van der Waals surface area contributed by atoms with Crippen molar-refractivity contribution in [3.63, 3.8) is 0 Å². The summed E-state index contributed by atoms with van der Waals surface area (Å²) in [5.41, 5.74) is 0.326. The van der Waals surface area contributed by atoms with Crippen LogP contribution in [-0.4, -0.2) is 29.3 Å². The molecule has 2 nitrogen and oxygen atoms in total. The van der Waals surface area contributed by atoms with Crippen molar-refractivity contribution >= 4 is 5.78 Å². The van der Waals surface area contributed by atoms with Gasteiger partial charge in [0.2, 0.25) is 0 Å². The lowest BCUT2D eigenvalue weighted by atomic mass is 9.72. The summed E-state index contributed by atoms with van der Waals surface area (Å²) in [4.78, 5) is 14.2. The molecule has 86 valence electrons. The van der Waals surface area contributed by atoms with Crippen LogP contribution < -0.4 is 0 Å². The van der Waals surface area contributed by atoms with Gasteiger partial charge in [0.05, 0.1) is 0 Å². The van der Waals surface area contributed by atoms with Crippen LogP contribution in [0, 0.1) is 5.41 Å². The molecule has 1 aliphatic carbocycles. The Morgan fingerprint density at radius 3 is 2.73 bits per heavy atom. The first kappa shape index (κ1) is 11.1. The lowest BCUT2D eigenvalue weighted by Gasteiger charge is -2.45. The van der Waals surface area contributed by atoms with Gasteiger partial charge in [-0.2, -0.15) is 0 Å². The molecule has 2 heteroatoms. The summed E-state index contributed by atoms with van der Waals surface area (Å²) in [7, 11) is 0. The SMILES string of the molecule is CC1CCCN1C1CC(=O)CCC1(C)C. The summed E-state index contributed by atoms with van der Waals surface area (Å²) < 4.78 is 0. The van der Waals surface area contributed by atoms with Crippen molar-refractivity contribution in [1.29, 1.82) is 0 Å². The number of likely N-dealkylation sites (tertiary alicyclic amines) is 1. The summed E-state index contributed by atoms with van der Waals surface area (Å²) in [6.45, 7) is 8.16. The van der Waals surface area contributed by atoms with Gasteiger partial charge in [-0.15, -0.1) is 0 Å². The van der Waals surface area contributed by atoms with Gasteiger partial charge in [0.15, 0.2) is 0 Å².